The van der Waals surface area contributed by atoms with Crippen molar-refractivity contribution in [2.24, 2.45) is 16.8 Å². The first-order chi connectivity index (χ1) is 8.28. The standard InChI is InChI=1S/C12H16N4O/c13-12(15-17)9-3-4-14-11(6-9)16-7-8-1-2-10(16)5-8/h3-4,6,8,10,17H,1-2,5,7H2,(H2,13,15). The van der Waals surface area contributed by atoms with Gasteiger partial charge in [-0.25, -0.2) is 4.98 Å². The van der Waals surface area contributed by atoms with E-state index in [4.69, 9.17) is 10.9 Å². The molecule has 5 nitrogen and oxygen atoms in total. The van der Waals surface area contributed by atoms with Gasteiger partial charge in [0.25, 0.3) is 0 Å². The number of rotatable bonds is 2. The largest absolute Gasteiger partial charge is 0.409 e. The normalized spacial score (nSPS) is 27.8. The number of nitrogens with two attached hydrogens (primary N) is 1. The van der Waals surface area contributed by atoms with Crippen molar-refractivity contribution in [1.82, 2.24) is 4.98 Å². The van der Waals surface area contributed by atoms with E-state index >= 15 is 0 Å². The van der Waals surface area contributed by atoms with Crippen LogP contribution in [0.1, 0.15) is 24.8 Å². The van der Waals surface area contributed by atoms with Gasteiger partial charge in [-0.2, -0.15) is 0 Å². The fraction of sp³-hybridized carbons (Fsp3) is 0.500. The zero-order valence-corrected chi connectivity index (χ0v) is 9.58. The van der Waals surface area contributed by atoms with Crippen LogP contribution < -0.4 is 10.6 Å². The second-order valence-electron chi connectivity index (χ2n) is 4.87. The van der Waals surface area contributed by atoms with Crippen molar-refractivity contribution in [3.8, 4) is 0 Å². The Hall–Kier alpha value is -1.78. The van der Waals surface area contributed by atoms with Crippen molar-refractivity contribution in [3.05, 3.63) is 23.9 Å². The lowest BCUT2D eigenvalue weighted by molar-refractivity contribution is 0.318. The summed E-state index contributed by atoms with van der Waals surface area (Å²) in [7, 11) is 0. The van der Waals surface area contributed by atoms with Crippen LogP contribution in [0.3, 0.4) is 0 Å². The number of pyridine rings is 1. The van der Waals surface area contributed by atoms with Gasteiger partial charge in [-0.15, -0.1) is 0 Å². The number of nitrogens with zero attached hydrogens (tertiary/aromatic N) is 3. The summed E-state index contributed by atoms with van der Waals surface area (Å²) < 4.78 is 0. The summed E-state index contributed by atoms with van der Waals surface area (Å²) in [6, 6.07) is 4.29. The van der Waals surface area contributed by atoms with Gasteiger partial charge in [0.2, 0.25) is 0 Å². The third-order valence-electron chi connectivity index (χ3n) is 3.85. The molecule has 2 unspecified atom stereocenters. The highest BCUT2D eigenvalue weighted by Crippen LogP contribution is 2.39. The quantitative estimate of drug-likeness (QED) is 0.347. The lowest BCUT2D eigenvalue weighted by Gasteiger charge is -2.28. The van der Waals surface area contributed by atoms with Crippen LogP contribution in [0.15, 0.2) is 23.5 Å². The van der Waals surface area contributed by atoms with E-state index in [2.05, 4.69) is 15.0 Å². The average Bonchev–Trinajstić information content (AvgIpc) is 3.00. The SMILES string of the molecule is N/C(=N/O)c1ccnc(N2CC3CCC2C3)c1. The van der Waals surface area contributed by atoms with Crippen molar-refractivity contribution in [3.63, 3.8) is 0 Å². The lowest BCUT2D eigenvalue weighted by Crippen LogP contribution is -2.32. The van der Waals surface area contributed by atoms with Crippen LogP contribution in [-0.4, -0.2) is 28.6 Å². The molecule has 0 aromatic carbocycles. The number of hydrogen-bond acceptors (Lipinski definition) is 4. The van der Waals surface area contributed by atoms with E-state index in [9.17, 15) is 0 Å². The summed E-state index contributed by atoms with van der Waals surface area (Å²) in [5, 5.41) is 11.7. The maximum absolute atomic E-state index is 8.68. The maximum atomic E-state index is 8.68. The van der Waals surface area contributed by atoms with Gasteiger partial charge in [-0.05, 0) is 37.3 Å². The van der Waals surface area contributed by atoms with Crippen molar-refractivity contribution in [2.75, 3.05) is 11.4 Å². The van der Waals surface area contributed by atoms with Crippen LogP contribution in [0, 0.1) is 5.92 Å². The molecule has 1 saturated carbocycles. The lowest BCUT2D eigenvalue weighted by atomic mass is 10.1. The molecular weight excluding hydrogens is 216 g/mol. The van der Waals surface area contributed by atoms with Gasteiger partial charge in [0, 0.05) is 24.3 Å². The van der Waals surface area contributed by atoms with Crippen LogP contribution >= 0.6 is 0 Å². The van der Waals surface area contributed by atoms with Gasteiger partial charge in [0.15, 0.2) is 5.84 Å². The van der Waals surface area contributed by atoms with Crippen molar-refractivity contribution < 1.29 is 5.21 Å². The van der Waals surface area contributed by atoms with Gasteiger partial charge in [0.1, 0.15) is 5.82 Å². The maximum Gasteiger partial charge on any atom is 0.170 e. The van der Waals surface area contributed by atoms with Gasteiger partial charge < -0.3 is 15.8 Å². The Labute approximate surface area is 99.9 Å². The van der Waals surface area contributed by atoms with Gasteiger partial charge in [-0.1, -0.05) is 5.16 Å². The molecule has 1 saturated heterocycles. The molecule has 1 aliphatic carbocycles. The molecule has 0 amide bonds. The van der Waals surface area contributed by atoms with Crippen LogP contribution in [0.2, 0.25) is 0 Å². The van der Waals surface area contributed by atoms with Gasteiger partial charge >= 0.3 is 0 Å². The second kappa shape index (κ2) is 3.91. The third-order valence-corrected chi connectivity index (χ3v) is 3.85. The summed E-state index contributed by atoms with van der Waals surface area (Å²) in [5.41, 5.74) is 6.31. The van der Waals surface area contributed by atoms with E-state index in [1.165, 1.54) is 19.3 Å². The Bertz CT molecular complexity index is 460. The zero-order chi connectivity index (χ0) is 11.8. The Morgan fingerprint density at radius 1 is 1.53 bits per heavy atom. The summed E-state index contributed by atoms with van der Waals surface area (Å²) in [4.78, 5) is 6.74. The summed E-state index contributed by atoms with van der Waals surface area (Å²) in [6.45, 7) is 1.09. The number of aromatic nitrogens is 1. The number of fused-ring (bicyclic) bond motifs is 2. The molecule has 1 aromatic heterocycles. The Kier molecular flexibility index (Phi) is 2.39. The second-order valence-corrected chi connectivity index (χ2v) is 4.87. The molecule has 2 aliphatic rings. The highest BCUT2D eigenvalue weighted by atomic mass is 16.4. The molecule has 2 heterocycles. The molecule has 0 radical (unpaired) electrons. The molecule has 5 heteroatoms. The molecular formula is C12H16N4O. The Morgan fingerprint density at radius 2 is 2.41 bits per heavy atom. The Balaban J connectivity index is 1.89. The number of amidine groups is 1. The first-order valence-corrected chi connectivity index (χ1v) is 5.98. The topological polar surface area (TPSA) is 74.7 Å². The van der Waals surface area contributed by atoms with E-state index in [1.54, 1.807) is 12.3 Å². The zero-order valence-electron chi connectivity index (χ0n) is 9.58. The van der Waals surface area contributed by atoms with Crippen LogP contribution in [0.4, 0.5) is 5.82 Å². The fourth-order valence-corrected chi connectivity index (χ4v) is 3.00. The Morgan fingerprint density at radius 3 is 3.06 bits per heavy atom. The molecule has 3 rings (SSSR count). The monoisotopic (exact) mass is 232 g/mol. The minimum Gasteiger partial charge on any atom is -0.409 e. The summed E-state index contributed by atoms with van der Waals surface area (Å²) in [6.07, 6.45) is 5.62. The van der Waals surface area contributed by atoms with Gasteiger partial charge in [-0.3, -0.25) is 0 Å². The first-order valence-electron chi connectivity index (χ1n) is 5.98. The molecule has 1 aliphatic heterocycles. The van der Waals surface area contributed by atoms with Crippen molar-refractivity contribution >= 4 is 11.7 Å². The predicted octanol–water partition coefficient (Wildman–Crippen LogP) is 1.16. The van der Waals surface area contributed by atoms with E-state index in [0.29, 0.717) is 6.04 Å². The van der Waals surface area contributed by atoms with E-state index in [0.717, 1.165) is 23.8 Å². The van der Waals surface area contributed by atoms with Crippen LogP contribution in [-0.2, 0) is 0 Å². The third kappa shape index (κ3) is 1.71. The summed E-state index contributed by atoms with van der Waals surface area (Å²) in [5.74, 6) is 1.91. The number of hydrogen-bond donors (Lipinski definition) is 2. The van der Waals surface area contributed by atoms with Gasteiger partial charge in [0.05, 0.1) is 0 Å². The van der Waals surface area contributed by atoms with Crippen molar-refractivity contribution in [1.29, 1.82) is 0 Å². The van der Waals surface area contributed by atoms with Crippen LogP contribution in [0.5, 0.6) is 0 Å². The van der Waals surface area contributed by atoms with Crippen molar-refractivity contribution in [2.45, 2.75) is 25.3 Å². The van der Waals surface area contributed by atoms with E-state index < -0.39 is 0 Å². The highest BCUT2D eigenvalue weighted by molar-refractivity contribution is 5.97. The number of oxime groups is 1. The molecule has 1 aromatic rings. The molecule has 90 valence electrons. The summed E-state index contributed by atoms with van der Waals surface area (Å²) >= 11 is 0. The molecule has 2 bridgehead atoms. The molecule has 2 fully saturated rings. The predicted molar refractivity (Wildman–Crippen MR) is 65.2 cm³/mol. The molecule has 3 N–H and O–H groups in total. The van der Waals surface area contributed by atoms with E-state index in [-0.39, 0.29) is 5.84 Å². The smallest absolute Gasteiger partial charge is 0.170 e. The molecule has 17 heavy (non-hydrogen) atoms. The minimum atomic E-state index is 0.137. The molecule has 0 spiro atoms. The average molecular weight is 232 g/mol. The fourth-order valence-electron chi connectivity index (χ4n) is 3.00. The highest BCUT2D eigenvalue weighted by Gasteiger charge is 2.38. The number of anilines is 1. The minimum absolute atomic E-state index is 0.137. The van der Waals surface area contributed by atoms with E-state index in [1.807, 2.05) is 6.07 Å². The van der Waals surface area contributed by atoms with Crippen LogP contribution in [0.25, 0.3) is 0 Å². The first kappa shape index (κ1) is 10.4. The molecule has 2 atom stereocenters. The number of piperidine rings is 1.